The second-order valence-electron chi connectivity index (χ2n) is 4.33. The van der Waals surface area contributed by atoms with Crippen LogP contribution >= 0.6 is 0 Å². The van der Waals surface area contributed by atoms with Crippen molar-refractivity contribution in [3.05, 3.63) is 46.3 Å². The van der Waals surface area contributed by atoms with E-state index in [1.54, 1.807) is 18.2 Å². The molecule has 1 unspecified atom stereocenters. The van der Waals surface area contributed by atoms with Gasteiger partial charge in [0.2, 0.25) is 0 Å². The molecular formula is C15H11NO3S. The van der Waals surface area contributed by atoms with E-state index in [4.69, 9.17) is 4.42 Å². The van der Waals surface area contributed by atoms with Crippen LogP contribution in [0, 0.1) is 11.8 Å². The number of hydrogen-bond donors (Lipinski definition) is 1. The van der Waals surface area contributed by atoms with Gasteiger partial charge in [-0.3, -0.25) is 0 Å². The Hall–Kier alpha value is -2.32. The van der Waals surface area contributed by atoms with Crippen molar-refractivity contribution in [2.45, 2.75) is 6.42 Å². The van der Waals surface area contributed by atoms with Crippen LogP contribution in [0.5, 0.6) is 0 Å². The van der Waals surface area contributed by atoms with Gasteiger partial charge in [0.25, 0.3) is 0 Å². The van der Waals surface area contributed by atoms with Crippen LogP contribution in [0.4, 0.5) is 5.69 Å². The van der Waals surface area contributed by atoms with Crippen molar-refractivity contribution in [1.29, 1.82) is 0 Å². The first kappa shape index (κ1) is 12.7. The fourth-order valence-electron chi connectivity index (χ4n) is 1.99. The normalized spacial score (nSPS) is 17.1. The average Bonchev–Trinajstić information content (AvgIpc) is 2.41. The maximum Gasteiger partial charge on any atom is 0.343 e. The van der Waals surface area contributed by atoms with Gasteiger partial charge in [0.05, 0.1) is 22.6 Å². The third kappa shape index (κ3) is 2.26. The molecule has 0 fully saturated rings. The van der Waals surface area contributed by atoms with Gasteiger partial charge in [-0.05, 0) is 18.2 Å². The molecule has 3 rings (SSSR count). The van der Waals surface area contributed by atoms with Crippen LogP contribution in [0.3, 0.4) is 0 Å². The Bertz CT molecular complexity index is 855. The van der Waals surface area contributed by atoms with Crippen LogP contribution in [0.15, 0.2) is 34.0 Å². The molecule has 1 atom stereocenters. The molecule has 2 aromatic rings. The fourth-order valence-corrected chi connectivity index (χ4v) is 2.79. The minimum absolute atomic E-state index is 0.399. The van der Waals surface area contributed by atoms with E-state index in [0.717, 1.165) is 5.39 Å². The van der Waals surface area contributed by atoms with E-state index in [-0.39, 0.29) is 0 Å². The van der Waals surface area contributed by atoms with Gasteiger partial charge in [-0.1, -0.05) is 24.5 Å². The monoisotopic (exact) mass is 285 g/mol. The number of benzene rings is 1. The van der Waals surface area contributed by atoms with Crippen LogP contribution in [0.25, 0.3) is 17.0 Å². The molecule has 0 amide bonds. The maximum absolute atomic E-state index is 11.8. The SMILES string of the molecule is C=Cc1cc2cc3c(cc2oc1=O)C#CCCS(=O)N3. The number of nitrogens with one attached hydrogen (secondary N) is 1. The van der Waals surface area contributed by atoms with E-state index in [1.165, 1.54) is 6.08 Å². The summed E-state index contributed by atoms with van der Waals surface area (Å²) in [6.45, 7) is 3.58. The summed E-state index contributed by atoms with van der Waals surface area (Å²) in [7, 11) is -1.15. The smallest absolute Gasteiger partial charge is 0.343 e. The van der Waals surface area contributed by atoms with Crippen molar-refractivity contribution in [3.8, 4) is 11.8 Å². The third-order valence-corrected chi connectivity index (χ3v) is 4.00. The molecule has 1 aromatic carbocycles. The zero-order chi connectivity index (χ0) is 14.1. The van der Waals surface area contributed by atoms with Gasteiger partial charge in [0.1, 0.15) is 16.6 Å². The summed E-state index contributed by atoms with van der Waals surface area (Å²) < 4.78 is 19.9. The maximum atomic E-state index is 11.8. The topological polar surface area (TPSA) is 59.3 Å². The predicted molar refractivity (Wildman–Crippen MR) is 80.7 cm³/mol. The van der Waals surface area contributed by atoms with Crippen LogP contribution in [-0.2, 0) is 11.0 Å². The second-order valence-corrected chi connectivity index (χ2v) is 5.64. The molecule has 1 N–H and O–H groups in total. The Balaban J connectivity index is 2.28. The first-order valence-electron chi connectivity index (χ1n) is 6.05. The van der Waals surface area contributed by atoms with Crippen molar-refractivity contribution < 1.29 is 8.63 Å². The van der Waals surface area contributed by atoms with E-state index >= 15 is 0 Å². The molecule has 0 saturated carbocycles. The lowest BCUT2D eigenvalue weighted by Gasteiger charge is -2.11. The molecule has 1 aliphatic heterocycles. The van der Waals surface area contributed by atoms with Crippen molar-refractivity contribution in [2.75, 3.05) is 10.5 Å². The summed E-state index contributed by atoms with van der Waals surface area (Å²) in [4.78, 5) is 11.7. The molecule has 100 valence electrons. The highest BCUT2D eigenvalue weighted by Crippen LogP contribution is 2.25. The summed E-state index contributed by atoms with van der Waals surface area (Å²) in [6.07, 6.45) is 2.02. The molecule has 2 heterocycles. The Labute approximate surface area is 118 Å². The minimum Gasteiger partial charge on any atom is -0.422 e. The van der Waals surface area contributed by atoms with Gasteiger partial charge in [-0.25, -0.2) is 9.00 Å². The summed E-state index contributed by atoms with van der Waals surface area (Å²) in [5.74, 6) is 6.45. The van der Waals surface area contributed by atoms with Crippen LogP contribution in [0.1, 0.15) is 17.5 Å². The first-order valence-corrected chi connectivity index (χ1v) is 7.37. The van der Waals surface area contributed by atoms with Gasteiger partial charge in [-0.2, -0.15) is 0 Å². The fraction of sp³-hybridized carbons (Fsp3) is 0.133. The summed E-state index contributed by atoms with van der Waals surface area (Å²) in [5, 5.41) is 0.741. The van der Waals surface area contributed by atoms with Crippen molar-refractivity contribution >= 4 is 33.7 Å². The van der Waals surface area contributed by atoms with E-state index in [9.17, 15) is 9.00 Å². The average molecular weight is 285 g/mol. The largest absolute Gasteiger partial charge is 0.422 e. The van der Waals surface area contributed by atoms with Crippen molar-refractivity contribution in [1.82, 2.24) is 0 Å². The van der Waals surface area contributed by atoms with Crippen molar-refractivity contribution in [3.63, 3.8) is 0 Å². The lowest BCUT2D eigenvalue weighted by Crippen LogP contribution is -2.11. The van der Waals surface area contributed by atoms with Gasteiger partial charge < -0.3 is 9.14 Å². The molecule has 4 nitrogen and oxygen atoms in total. The van der Waals surface area contributed by atoms with Gasteiger partial charge >= 0.3 is 5.63 Å². The van der Waals surface area contributed by atoms with E-state index < -0.39 is 16.6 Å². The Morgan fingerprint density at radius 1 is 1.40 bits per heavy atom. The quantitative estimate of drug-likeness (QED) is 0.646. The standard InChI is InChI=1S/C15H11NO3S/c1-2-10-7-12-8-13-11(9-14(12)19-15(10)17)5-3-4-6-20(18)16-13/h2,7-9,16H,1,4,6H2. The summed E-state index contributed by atoms with van der Waals surface area (Å²) in [6, 6.07) is 5.19. The lowest BCUT2D eigenvalue weighted by atomic mass is 10.1. The predicted octanol–water partition coefficient (Wildman–Crippen LogP) is 2.27. The van der Waals surface area contributed by atoms with Crippen LogP contribution < -0.4 is 10.3 Å². The zero-order valence-corrected chi connectivity index (χ0v) is 11.4. The van der Waals surface area contributed by atoms with E-state index in [1.807, 2.05) is 0 Å². The molecule has 0 spiro atoms. The number of hydrogen-bond acceptors (Lipinski definition) is 3. The van der Waals surface area contributed by atoms with E-state index in [2.05, 4.69) is 23.1 Å². The molecular weight excluding hydrogens is 274 g/mol. The first-order chi connectivity index (χ1) is 9.67. The molecule has 20 heavy (non-hydrogen) atoms. The molecule has 0 saturated heterocycles. The van der Waals surface area contributed by atoms with Crippen LogP contribution in [-0.4, -0.2) is 9.96 Å². The van der Waals surface area contributed by atoms with Gasteiger partial charge in [-0.15, -0.1) is 0 Å². The Kier molecular flexibility index (Phi) is 3.17. The second kappa shape index (κ2) is 4.99. The van der Waals surface area contributed by atoms with Gasteiger partial charge in [0, 0.05) is 11.8 Å². The van der Waals surface area contributed by atoms with E-state index in [0.29, 0.717) is 34.6 Å². The van der Waals surface area contributed by atoms with Crippen LogP contribution in [0.2, 0.25) is 0 Å². The highest BCUT2D eigenvalue weighted by atomic mass is 32.2. The molecule has 5 heteroatoms. The molecule has 1 aliphatic rings. The molecule has 0 bridgehead atoms. The lowest BCUT2D eigenvalue weighted by molar-refractivity contribution is 0.559. The zero-order valence-electron chi connectivity index (χ0n) is 10.6. The van der Waals surface area contributed by atoms with Gasteiger partial charge in [0.15, 0.2) is 0 Å². The Morgan fingerprint density at radius 3 is 3.05 bits per heavy atom. The summed E-state index contributed by atoms with van der Waals surface area (Å²) >= 11 is 0. The number of rotatable bonds is 1. The Morgan fingerprint density at radius 2 is 2.25 bits per heavy atom. The third-order valence-electron chi connectivity index (χ3n) is 2.98. The summed E-state index contributed by atoms with van der Waals surface area (Å²) in [5.41, 5.74) is 1.80. The molecule has 0 radical (unpaired) electrons. The van der Waals surface area contributed by atoms with Crippen molar-refractivity contribution in [2.24, 2.45) is 0 Å². The number of fused-ring (bicyclic) bond motifs is 2. The highest BCUT2D eigenvalue weighted by Gasteiger charge is 2.11. The molecule has 0 aliphatic carbocycles. The molecule has 1 aromatic heterocycles. The number of anilines is 1. The minimum atomic E-state index is -1.15. The highest BCUT2D eigenvalue weighted by molar-refractivity contribution is 7.86.